The summed E-state index contributed by atoms with van der Waals surface area (Å²) in [6.07, 6.45) is 4.15. The van der Waals surface area contributed by atoms with Crippen LogP contribution in [0.1, 0.15) is 81.6 Å². The fraction of sp³-hybridized carbons (Fsp3) is 1.00. The van der Waals surface area contributed by atoms with Gasteiger partial charge >= 0.3 is 0 Å². The van der Waals surface area contributed by atoms with Crippen molar-refractivity contribution in [3.05, 3.63) is 0 Å². The van der Waals surface area contributed by atoms with E-state index in [1.807, 2.05) is 0 Å². The van der Waals surface area contributed by atoms with E-state index in [0.29, 0.717) is 0 Å². The molecule has 0 aliphatic carbocycles. The van der Waals surface area contributed by atoms with Gasteiger partial charge < -0.3 is 0 Å². The predicted molar refractivity (Wildman–Crippen MR) is 82.4 cm³/mol. The molecule has 0 bridgehead atoms. The Balaban J connectivity index is 0. The summed E-state index contributed by atoms with van der Waals surface area (Å²) in [5.41, 5.74) is 0. The monoisotopic (exact) mass is 242 g/mol. The maximum Gasteiger partial charge on any atom is -0.0417 e. The normalized spacial score (nSPS) is 13.2. The Morgan fingerprint density at radius 1 is 0.529 bits per heavy atom. The van der Waals surface area contributed by atoms with Crippen LogP contribution in [0.2, 0.25) is 0 Å². The largest absolute Gasteiger partial charge is 0.0628 e. The van der Waals surface area contributed by atoms with E-state index in [-0.39, 0.29) is 0 Å². The highest BCUT2D eigenvalue weighted by Crippen LogP contribution is 2.18. The highest BCUT2D eigenvalue weighted by Gasteiger charge is 2.07. The zero-order valence-electron chi connectivity index (χ0n) is 14.0. The van der Waals surface area contributed by atoms with E-state index in [9.17, 15) is 0 Å². The van der Waals surface area contributed by atoms with Crippen LogP contribution in [0.4, 0.5) is 0 Å². The second kappa shape index (κ2) is 11.1. The average molecular weight is 242 g/mol. The van der Waals surface area contributed by atoms with Gasteiger partial charge in [0.05, 0.1) is 0 Å². The SMILES string of the molecule is CC(C)CC(C)C(C)C.CC(C)CCC(C)C. The first-order chi connectivity index (χ1) is 7.66. The van der Waals surface area contributed by atoms with Crippen LogP contribution in [0.15, 0.2) is 0 Å². The molecule has 0 N–H and O–H groups in total. The Morgan fingerprint density at radius 2 is 0.882 bits per heavy atom. The molecule has 0 nitrogen and oxygen atoms in total. The topological polar surface area (TPSA) is 0 Å². The van der Waals surface area contributed by atoms with Crippen molar-refractivity contribution in [3.8, 4) is 0 Å². The summed E-state index contributed by atoms with van der Waals surface area (Å²) in [5, 5.41) is 0. The molecule has 0 saturated heterocycles. The summed E-state index contributed by atoms with van der Waals surface area (Å²) in [6.45, 7) is 20.6. The van der Waals surface area contributed by atoms with Crippen LogP contribution in [0.5, 0.6) is 0 Å². The van der Waals surface area contributed by atoms with Crippen molar-refractivity contribution in [1.29, 1.82) is 0 Å². The maximum absolute atomic E-state index is 2.34. The molecule has 0 aromatic rings. The van der Waals surface area contributed by atoms with Gasteiger partial charge in [0.15, 0.2) is 0 Å². The third-order valence-corrected chi connectivity index (χ3v) is 3.30. The Labute approximate surface area is 112 Å². The Kier molecular flexibility index (Phi) is 12.6. The van der Waals surface area contributed by atoms with Gasteiger partial charge in [0.25, 0.3) is 0 Å². The molecule has 0 aliphatic rings. The highest BCUT2D eigenvalue weighted by atomic mass is 14.1. The van der Waals surface area contributed by atoms with Crippen LogP contribution in [-0.2, 0) is 0 Å². The summed E-state index contributed by atoms with van der Waals surface area (Å²) in [5.74, 6) is 4.38. The van der Waals surface area contributed by atoms with Crippen molar-refractivity contribution in [1.82, 2.24) is 0 Å². The smallest absolute Gasteiger partial charge is 0.0417 e. The molecular formula is C17H38. The lowest BCUT2D eigenvalue weighted by molar-refractivity contribution is 0.344. The quantitative estimate of drug-likeness (QED) is 0.505. The van der Waals surface area contributed by atoms with Gasteiger partial charge in [-0.1, -0.05) is 75.2 Å². The van der Waals surface area contributed by atoms with Gasteiger partial charge in [0.2, 0.25) is 0 Å². The molecule has 0 spiro atoms. The first-order valence-electron chi connectivity index (χ1n) is 7.66. The highest BCUT2D eigenvalue weighted by molar-refractivity contribution is 4.58. The van der Waals surface area contributed by atoms with Crippen LogP contribution in [-0.4, -0.2) is 0 Å². The summed E-state index contributed by atoms with van der Waals surface area (Å²) in [4.78, 5) is 0. The summed E-state index contributed by atoms with van der Waals surface area (Å²) in [6, 6.07) is 0. The van der Waals surface area contributed by atoms with E-state index in [2.05, 4.69) is 62.3 Å². The zero-order chi connectivity index (χ0) is 14.0. The van der Waals surface area contributed by atoms with Gasteiger partial charge in [-0.15, -0.1) is 0 Å². The lowest BCUT2D eigenvalue weighted by Gasteiger charge is -2.16. The first kappa shape index (κ1) is 19.3. The molecule has 0 radical (unpaired) electrons. The molecule has 0 fully saturated rings. The summed E-state index contributed by atoms with van der Waals surface area (Å²) >= 11 is 0. The van der Waals surface area contributed by atoms with E-state index in [1.165, 1.54) is 19.3 Å². The van der Waals surface area contributed by atoms with E-state index in [0.717, 1.165) is 29.6 Å². The van der Waals surface area contributed by atoms with Gasteiger partial charge in [-0.05, 0) is 36.0 Å². The van der Waals surface area contributed by atoms with Crippen molar-refractivity contribution in [2.75, 3.05) is 0 Å². The van der Waals surface area contributed by atoms with Gasteiger partial charge in [-0.25, -0.2) is 0 Å². The van der Waals surface area contributed by atoms with E-state index < -0.39 is 0 Å². The Morgan fingerprint density at radius 3 is 1.00 bits per heavy atom. The van der Waals surface area contributed by atoms with Crippen molar-refractivity contribution < 1.29 is 0 Å². The fourth-order valence-corrected chi connectivity index (χ4v) is 1.68. The Hall–Kier alpha value is 0. The maximum atomic E-state index is 2.34. The average Bonchev–Trinajstić information content (AvgIpc) is 2.14. The molecular weight excluding hydrogens is 204 g/mol. The number of hydrogen-bond donors (Lipinski definition) is 0. The third-order valence-electron chi connectivity index (χ3n) is 3.30. The number of rotatable bonds is 6. The molecule has 0 aliphatic heterocycles. The van der Waals surface area contributed by atoms with E-state index in [4.69, 9.17) is 0 Å². The molecule has 1 atom stereocenters. The standard InChI is InChI=1S/C9H20.C8H18/c1-7(2)6-9(5)8(3)4;1-7(2)5-6-8(3)4/h7-9H,6H2,1-5H3;7-8H,5-6H2,1-4H3. The molecule has 17 heavy (non-hydrogen) atoms. The van der Waals surface area contributed by atoms with Crippen molar-refractivity contribution in [2.24, 2.45) is 29.6 Å². The minimum Gasteiger partial charge on any atom is -0.0628 e. The number of hydrogen-bond acceptors (Lipinski definition) is 0. The van der Waals surface area contributed by atoms with Crippen LogP contribution in [0, 0.1) is 29.6 Å². The first-order valence-corrected chi connectivity index (χ1v) is 7.66. The molecule has 0 saturated carbocycles. The molecule has 0 amide bonds. The van der Waals surface area contributed by atoms with Crippen molar-refractivity contribution in [2.45, 2.75) is 81.6 Å². The zero-order valence-corrected chi connectivity index (χ0v) is 14.0. The van der Waals surface area contributed by atoms with Crippen LogP contribution < -0.4 is 0 Å². The van der Waals surface area contributed by atoms with Crippen molar-refractivity contribution >= 4 is 0 Å². The Bertz CT molecular complexity index is 134. The minimum absolute atomic E-state index is 0.854. The third kappa shape index (κ3) is 18.6. The van der Waals surface area contributed by atoms with Crippen LogP contribution in [0.3, 0.4) is 0 Å². The van der Waals surface area contributed by atoms with Gasteiger partial charge in [-0.3, -0.25) is 0 Å². The lowest BCUT2D eigenvalue weighted by atomic mass is 9.90. The van der Waals surface area contributed by atoms with Gasteiger partial charge in [0.1, 0.15) is 0 Å². The summed E-state index contributed by atoms with van der Waals surface area (Å²) < 4.78 is 0. The second-order valence-electron chi connectivity index (χ2n) is 7.22. The molecule has 0 heteroatoms. The summed E-state index contributed by atoms with van der Waals surface area (Å²) in [7, 11) is 0. The van der Waals surface area contributed by atoms with E-state index >= 15 is 0 Å². The minimum atomic E-state index is 0.854. The van der Waals surface area contributed by atoms with Crippen molar-refractivity contribution in [3.63, 3.8) is 0 Å². The van der Waals surface area contributed by atoms with Gasteiger partial charge in [-0.2, -0.15) is 0 Å². The molecule has 0 aromatic carbocycles. The molecule has 0 aromatic heterocycles. The molecule has 0 heterocycles. The second-order valence-corrected chi connectivity index (χ2v) is 7.22. The molecule has 106 valence electrons. The van der Waals surface area contributed by atoms with Gasteiger partial charge in [0, 0.05) is 0 Å². The van der Waals surface area contributed by atoms with Crippen LogP contribution in [0.25, 0.3) is 0 Å². The molecule has 0 rings (SSSR count). The predicted octanol–water partition coefficient (Wildman–Crippen LogP) is 6.40. The van der Waals surface area contributed by atoms with E-state index in [1.54, 1.807) is 0 Å². The fourth-order valence-electron chi connectivity index (χ4n) is 1.68. The lowest BCUT2D eigenvalue weighted by Crippen LogP contribution is -2.06. The molecule has 1 unspecified atom stereocenters. The van der Waals surface area contributed by atoms with Crippen LogP contribution >= 0.6 is 0 Å².